The van der Waals surface area contributed by atoms with Crippen LogP contribution >= 0.6 is 15.9 Å². The molecule has 4 nitrogen and oxygen atoms in total. The van der Waals surface area contributed by atoms with Crippen molar-refractivity contribution < 1.29 is 18.7 Å². The van der Waals surface area contributed by atoms with E-state index in [0.29, 0.717) is 4.47 Å². The number of hydrogen-bond donors (Lipinski definition) is 2. The highest BCUT2D eigenvalue weighted by Crippen LogP contribution is 2.30. The molecule has 0 aromatic heterocycles. The van der Waals surface area contributed by atoms with E-state index in [1.807, 2.05) is 0 Å². The third kappa shape index (κ3) is 3.05. The van der Waals surface area contributed by atoms with Gasteiger partial charge >= 0.3 is 0 Å². The molecule has 0 amide bonds. The van der Waals surface area contributed by atoms with Gasteiger partial charge in [0.25, 0.3) is 0 Å². The summed E-state index contributed by atoms with van der Waals surface area (Å²) >= 11 is 3.22. The lowest BCUT2D eigenvalue weighted by atomic mass is 10.2. The van der Waals surface area contributed by atoms with Crippen molar-refractivity contribution in [1.29, 1.82) is 0 Å². The van der Waals surface area contributed by atoms with Gasteiger partial charge in [-0.15, -0.1) is 0 Å². The van der Waals surface area contributed by atoms with Crippen LogP contribution in [0, 0.1) is 11.6 Å². The average Bonchev–Trinajstić information content (AvgIpc) is 2.43. The number of nitrogens with two attached hydrogens (primary N) is 1. The van der Waals surface area contributed by atoms with Crippen molar-refractivity contribution in [3.63, 3.8) is 0 Å². The van der Waals surface area contributed by atoms with Gasteiger partial charge in [-0.2, -0.15) is 0 Å². The van der Waals surface area contributed by atoms with Crippen LogP contribution in [0.25, 0.3) is 0 Å². The number of oxime groups is 1. The highest BCUT2D eigenvalue weighted by atomic mass is 79.9. The van der Waals surface area contributed by atoms with Gasteiger partial charge in [-0.05, 0) is 30.3 Å². The number of amidine groups is 1. The van der Waals surface area contributed by atoms with Crippen LogP contribution < -0.4 is 10.5 Å². The summed E-state index contributed by atoms with van der Waals surface area (Å²) in [5.74, 6) is -1.73. The van der Waals surface area contributed by atoms with Crippen molar-refractivity contribution in [3.05, 3.63) is 58.1 Å². The van der Waals surface area contributed by atoms with Crippen LogP contribution in [0.2, 0.25) is 0 Å². The molecule has 0 spiro atoms. The zero-order valence-corrected chi connectivity index (χ0v) is 11.6. The minimum absolute atomic E-state index is 0.132. The largest absolute Gasteiger partial charge is 0.453 e. The number of nitrogens with zero attached hydrogens (tertiary/aromatic N) is 1. The molecule has 7 heteroatoms. The smallest absolute Gasteiger partial charge is 0.173 e. The second-order valence-electron chi connectivity index (χ2n) is 3.80. The summed E-state index contributed by atoms with van der Waals surface area (Å²) in [4.78, 5) is 0. The maximum absolute atomic E-state index is 13.5. The highest BCUT2D eigenvalue weighted by Gasteiger charge is 2.13. The summed E-state index contributed by atoms with van der Waals surface area (Å²) in [6, 6.07) is 7.48. The summed E-state index contributed by atoms with van der Waals surface area (Å²) in [5.41, 5.74) is 5.76. The molecule has 0 radical (unpaired) electrons. The number of hydrogen-bond acceptors (Lipinski definition) is 3. The molecule has 0 unspecified atom stereocenters. The van der Waals surface area contributed by atoms with Crippen molar-refractivity contribution in [3.8, 4) is 11.5 Å². The molecule has 2 aromatic carbocycles. The minimum atomic E-state index is -0.722. The van der Waals surface area contributed by atoms with Gasteiger partial charge in [-0.3, -0.25) is 0 Å². The number of halogens is 3. The Morgan fingerprint density at radius 1 is 1.15 bits per heavy atom. The van der Waals surface area contributed by atoms with Crippen LogP contribution in [0.5, 0.6) is 11.5 Å². The molecule has 0 aliphatic heterocycles. The molecule has 0 aliphatic carbocycles. The van der Waals surface area contributed by atoms with Crippen LogP contribution in [0.1, 0.15) is 5.56 Å². The normalized spacial score (nSPS) is 11.4. The fourth-order valence-electron chi connectivity index (χ4n) is 1.52. The first-order valence-corrected chi connectivity index (χ1v) is 6.21. The molecule has 0 aliphatic rings. The highest BCUT2D eigenvalue weighted by molar-refractivity contribution is 9.10. The van der Waals surface area contributed by atoms with E-state index in [9.17, 15) is 8.78 Å². The predicted molar refractivity (Wildman–Crippen MR) is 73.1 cm³/mol. The predicted octanol–water partition coefficient (Wildman–Crippen LogP) is 3.61. The van der Waals surface area contributed by atoms with E-state index < -0.39 is 11.6 Å². The molecular formula is C13H9BrF2N2O2. The number of ether oxygens (including phenoxy) is 1. The summed E-state index contributed by atoms with van der Waals surface area (Å²) < 4.78 is 32.6. The molecule has 2 rings (SSSR count). The van der Waals surface area contributed by atoms with Gasteiger partial charge in [0.05, 0.1) is 5.56 Å². The standard InChI is InChI=1S/C13H9BrF2N2O2/c14-7-1-4-11(9(5-7)13(17)18-19)20-12-6-8(15)2-3-10(12)16/h1-6,19H,(H2,17,18). The quantitative estimate of drug-likeness (QED) is 0.387. The van der Waals surface area contributed by atoms with Crippen molar-refractivity contribution in [2.24, 2.45) is 10.9 Å². The molecule has 0 atom stereocenters. The molecule has 0 saturated heterocycles. The lowest BCUT2D eigenvalue weighted by molar-refractivity contribution is 0.318. The zero-order valence-electron chi connectivity index (χ0n) is 9.98. The van der Waals surface area contributed by atoms with Crippen molar-refractivity contribution >= 4 is 21.8 Å². The van der Waals surface area contributed by atoms with E-state index in [2.05, 4.69) is 21.1 Å². The summed E-state index contributed by atoms with van der Waals surface area (Å²) in [5, 5.41) is 11.6. The van der Waals surface area contributed by atoms with Gasteiger partial charge in [0.15, 0.2) is 17.4 Å². The van der Waals surface area contributed by atoms with Crippen LogP contribution in [0.3, 0.4) is 0 Å². The van der Waals surface area contributed by atoms with Gasteiger partial charge in [-0.1, -0.05) is 21.1 Å². The number of benzene rings is 2. The molecule has 2 aromatic rings. The van der Waals surface area contributed by atoms with Crippen LogP contribution in [-0.2, 0) is 0 Å². The Balaban J connectivity index is 2.46. The van der Waals surface area contributed by atoms with Crippen molar-refractivity contribution in [2.75, 3.05) is 0 Å². The van der Waals surface area contributed by atoms with Crippen molar-refractivity contribution in [1.82, 2.24) is 0 Å². The fraction of sp³-hybridized carbons (Fsp3) is 0. The van der Waals surface area contributed by atoms with Crippen LogP contribution in [0.4, 0.5) is 8.78 Å². The van der Waals surface area contributed by atoms with Gasteiger partial charge in [0.1, 0.15) is 11.6 Å². The first kappa shape index (κ1) is 14.3. The van der Waals surface area contributed by atoms with Gasteiger partial charge in [0.2, 0.25) is 0 Å². The second kappa shape index (κ2) is 5.87. The Hall–Kier alpha value is -2.15. The Morgan fingerprint density at radius 2 is 1.90 bits per heavy atom. The molecule has 104 valence electrons. The van der Waals surface area contributed by atoms with E-state index in [1.165, 1.54) is 12.1 Å². The topological polar surface area (TPSA) is 67.8 Å². The summed E-state index contributed by atoms with van der Waals surface area (Å²) in [6.07, 6.45) is 0. The summed E-state index contributed by atoms with van der Waals surface area (Å²) in [6.45, 7) is 0. The molecule has 20 heavy (non-hydrogen) atoms. The zero-order chi connectivity index (χ0) is 14.7. The van der Waals surface area contributed by atoms with Gasteiger partial charge < -0.3 is 15.7 Å². The lowest BCUT2D eigenvalue weighted by Gasteiger charge is -2.11. The third-order valence-corrected chi connectivity index (χ3v) is 2.93. The van der Waals surface area contributed by atoms with Gasteiger partial charge in [-0.25, -0.2) is 8.78 Å². The monoisotopic (exact) mass is 342 g/mol. The molecular weight excluding hydrogens is 334 g/mol. The molecule has 0 bridgehead atoms. The minimum Gasteiger partial charge on any atom is -0.453 e. The number of rotatable bonds is 3. The second-order valence-corrected chi connectivity index (χ2v) is 4.72. The van der Waals surface area contributed by atoms with E-state index >= 15 is 0 Å². The SMILES string of the molecule is N/C(=N/O)c1cc(Br)ccc1Oc1cc(F)ccc1F. The Morgan fingerprint density at radius 3 is 2.60 bits per heavy atom. The fourth-order valence-corrected chi connectivity index (χ4v) is 1.88. The first-order chi connectivity index (χ1) is 9.51. The molecule has 0 saturated carbocycles. The maximum Gasteiger partial charge on any atom is 0.173 e. The van der Waals surface area contributed by atoms with Crippen molar-refractivity contribution in [2.45, 2.75) is 0 Å². The summed E-state index contributed by atoms with van der Waals surface area (Å²) in [7, 11) is 0. The van der Waals surface area contributed by atoms with E-state index in [4.69, 9.17) is 15.7 Å². The first-order valence-electron chi connectivity index (χ1n) is 5.41. The van der Waals surface area contributed by atoms with Crippen LogP contribution in [-0.4, -0.2) is 11.0 Å². The third-order valence-electron chi connectivity index (χ3n) is 2.44. The van der Waals surface area contributed by atoms with E-state index in [-0.39, 0.29) is 22.9 Å². The van der Waals surface area contributed by atoms with E-state index in [0.717, 1.165) is 18.2 Å². The molecule has 3 N–H and O–H groups in total. The Kier molecular flexibility index (Phi) is 4.19. The Bertz CT molecular complexity index is 677. The lowest BCUT2D eigenvalue weighted by Crippen LogP contribution is -2.14. The van der Waals surface area contributed by atoms with Gasteiger partial charge in [0, 0.05) is 10.5 Å². The molecule has 0 heterocycles. The van der Waals surface area contributed by atoms with Crippen LogP contribution in [0.15, 0.2) is 46.0 Å². The average molecular weight is 343 g/mol. The van der Waals surface area contributed by atoms with E-state index in [1.54, 1.807) is 6.07 Å². The Labute approximate surface area is 121 Å². The molecule has 0 fully saturated rings. The maximum atomic E-state index is 13.5.